The quantitative estimate of drug-likeness (QED) is 0.151. The van der Waals surface area contributed by atoms with Crippen molar-refractivity contribution in [2.45, 2.75) is 36.5 Å². The molecule has 5 aliphatic rings. The van der Waals surface area contributed by atoms with E-state index in [9.17, 15) is 0 Å². The Hall–Kier alpha value is -7.22. The van der Waals surface area contributed by atoms with E-state index in [1.165, 1.54) is 93.9 Å². The van der Waals surface area contributed by atoms with Crippen LogP contribution in [0.3, 0.4) is 0 Å². The van der Waals surface area contributed by atoms with Gasteiger partial charge in [-0.25, -0.2) is 0 Å². The lowest BCUT2D eigenvalue weighted by Gasteiger charge is -2.55. The van der Waals surface area contributed by atoms with Gasteiger partial charge >= 0.3 is 0 Å². The van der Waals surface area contributed by atoms with Crippen LogP contribution in [0.4, 0.5) is 11.4 Å². The summed E-state index contributed by atoms with van der Waals surface area (Å²) in [5.41, 5.74) is 14.3. The molecule has 0 radical (unpaired) electrons. The summed E-state index contributed by atoms with van der Waals surface area (Å²) in [6, 6.07) is 62.6. The van der Waals surface area contributed by atoms with Gasteiger partial charge < -0.3 is 4.90 Å². The molecule has 300 valence electrons. The van der Waals surface area contributed by atoms with Crippen molar-refractivity contribution >= 4 is 43.7 Å². The van der Waals surface area contributed by atoms with Crippen molar-refractivity contribution in [3.8, 4) is 11.1 Å². The number of benzene rings is 8. The molecule has 5 aliphatic carbocycles. The average Bonchev–Trinajstić information content (AvgIpc) is 3.68. The van der Waals surface area contributed by atoms with E-state index in [0.29, 0.717) is 0 Å². The molecule has 0 saturated carbocycles. The van der Waals surface area contributed by atoms with Crippen LogP contribution in [0.5, 0.6) is 0 Å². The second kappa shape index (κ2) is 14.2. The van der Waals surface area contributed by atoms with Crippen molar-refractivity contribution in [1.82, 2.24) is 0 Å². The van der Waals surface area contributed by atoms with Crippen molar-refractivity contribution < 1.29 is 0 Å². The fourth-order valence-electron chi connectivity index (χ4n) is 12.9. The fourth-order valence-corrected chi connectivity index (χ4v) is 12.9. The molecule has 4 unspecified atom stereocenters. The van der Waals surface area contributed by atoms with E-state index in [-0.39, 0.29) is 17.3 Å². The maximum atomic E-state index is 2.63. The Bertz CT molecular complexity index is 3340. The summed E-state index contributed by atoms with van der Waals surface area (Å²) in [6.45, 7) is 0. The molecule has 0 aromatic heterocycles. The summed E-state index contributed by atoms with van der Waals surface area (Å²) in [5.74, 6) is 0.447. The van der Waals surface area contributed by atoms with E-state index < -0.39 is 5.41 Å². The summed E-state index contributed by atoms with van der Waals surface area (Å²) < 4.78 is 0. The minimum atomic E-state index is -0.498. The Morgan fingerprint density at radius 2 is 0.968 bits per heavy atom. The van der Waals surface area contributed by atoms with E-state index in [0.717, 1.165) is 25.7 Å². The van der Waals surface area contributed by atoms with Crippen LogP contribution in [0.1, 0.15) is 53.5 Å². The topological polar surface area (TPSA) is 3.24 Å². The first-order valence-corrected chi connectivity index (χ1v) is 22.9. The first-order chi connectivity index (χ1) is 31.3. The van der Waals surface area contributed by atoms with Crippen molar-refractivity contribution in [2.24, 2.45) is 11.8 Å². The summed E-state index contributed by atoms with van der Waals surface area (Å²) >= 11 is 0. The van der Waals surface area contributed by atoms with Crippen molar-refractivity contribution in [1.29, 1.82) is 0 Å². The third-order valence-electron chi connectivity index (χ3n) is 15.2. The lowest BCUT2D eigenvalue weighted by atomic mass is 9.47. The van der Waals surface area contributed by atoms with E-state index in [1.807, 2.05) is 0 Å². The van der Waals surface area contributed by atoms with Crippen molar-refractivity contribution in [3.05, 3.63) is 264 Å². The van der Waals surface area contributed by atoms with Gasteiger partial charge in [-0.3, -0.25) is 0 Å². The van der Waals surface area contributed by atoms with Gasteiger partial charge in [0.1, 0.15) is 0 Å². The molecule has 0 bridgehead atoms. The summed E-state index contributed by atoms with van der Waals surface area (Å²) in [6.07, 6.45) is 27.8. The first-order valence-electron chi connectivity index (χ1n) is 22.9. The predicted molar refractivity (Wildman–Crippen MR) is 265 cm³/mol. The SMILES string of the molecule is C1=CCC(C2(C3=C(N(c4ccccc4)c4ccc5c6ccccc6c6ccccc6c5c4)CCC=C3)c3ccccc3C3(C4C=CC=CC4)c4ccccc4-c4cccc2c43)C=C1. The van der Waals surface area contributed by atoms with Gasteiger partial charge in [0, 0.05) is 17.1 Å². The zero-order valence-corrected chi connectivity index (χ0v) is 35.3. The lowest BCUT2D eigenvalue weighted by molar-refractivity contribution is 0.375. The standard InChI is InChI=1S/C62H47N/c1-4-21-42(22-5-1)61(55-34-16-17-35-56(55)62(43-23-6-2-7-24-43)54-33-15-14-31-51(54)52-32-20-37-58(61)60(52)62)57-36-18-19-38-59(57)63(44-25-8-3-9-26-44)45-39-40-50-48-29-11-10-27-46(48)47-28-12-13-30-49(47)53(50)41-45/h1-18,20-21,23,25-37,39-43H,19,22,24,38H2. The molecule has 4 atom stereocenters. The van der Waals surface area contributed by atoms with Crippen LogP contribution >= 0.6 is 0 Å². The highest BCUT2D eigenvalue weighted by Crippen LogP contribution is 2.68. The molecular formula is C62H47N. The van der Waals surface area contributed by atoms with Crippen LogP contribution < -0.4 is 4.90 Å². The number of hydrogen-bond donors (Lipinski definition) is 0. The molecule has 1 nitrogen and oxygen atoms in total. The van der Waals surface area contributed by atoms with Gasteiger partial charge in [-0.2, -0.15) is 0 Å². The molecule has 8 aromatic rings. The third kappa shape index (κ3) is 5.00. The number of para-hydroxylation sites is 1. The first kappa shape index (κ1) is 36.4. The molecule has 8 aromatic carbocycles. The molecule has 0 N–H and O–H groups in total. The monoisotopic (exact) mass is 805 g/mol. The van der Waals surface area contributed by atoms with E-state index in [4.69, 9.17) is 0 Å². The van der Waals surface area contributed by atoms with Crippen LogP contribution in [0.15, 0.2) is 236 Å². The van der Waals surface area contributed by atoms with Crippen LogP contribution in [0.25, 0.3) is 43.4 Å². The molecule has 13 rings (SSSR count). The smallest absolute Gasteiger partial charge is 0.0540 e. The van der Waals surface area contributed by atoms with Crippen LogP contribution in [0.2, 0.25) is 0 Å². The number of hydrogen-bond acceptors (Lipinski definition) is 1. The number of rotatable bonds is 6. The van der Waals surface area contributed by atoms with Gasteiger partial charge in [-0.05, 0) is 139 Å². The zero-order chi connectivity index (χ0) is 41.5. The molecule has 0 spiro atoms. The maximum absolute atomic E-state index is 2.63. The minimum Gasteiger partial charge on any atom is -0.314 e. The minimum absolute atomic E-state index is 0.177. The summed E-state index contributed by atoms with van der Waals surface area (Å²) in [5, 5.41) is 7.76. The Morgan fingerprint density at radius 1 is 0.413 bits per heavy atom. The van der Waals surface area contributed by atoms with Crippen molar-refractivity contribution in [3.63, 3.8) is 0 Å². The lowest BCUT2D eigenvalue weighted by Crippen LogP contribution is -2.50. The second-order valence-corrected chi connectivity index (χ2v) is 18.0. The van der Waals surface area contributed by atoms with Gasteiger partial charge in [0.15, 0.2) is 0 Å². The number of allylic oxidation sites excluding steroid dienone is 12. The Balaban J connectivity index is 1.15. The van der Waals surface area contributed by atoms with E-state index >= 15 is 0 Å². The highest BCUT2D eigenvalue weighted by atomic mass is 15.2. The van der Waals surface area contributed by atoms with Crippen molar-refractivity contribution in [2.75, 3.05) is 4.90 Å². The molecule has 0 aliphatic heterocycles. The molecule has 0 heterocycles. The van der Waals surface area contributed by atoms with Crippen LogP contribution in [-0.4, -0.2) is 0 Å². The van der Waals surface area contributed by atoms with Gasteiger partial charge in [-0.1, -0.05) is 200 Å². The zero-order valence-electron chi connectivity index (χ0n) is 35.3. The van der Waals surface area contributed by atoms with Gasteiger partial charge in [0.2, 0.25) is 0 Å². The maximum Gasteiger partial charge on any atom is 0.0540 e. The van der Waals surface area contributed by atoms with Gasteiger partial charge in [0.05, 0.1) is 10.8 Å². The second-order valence-electron chi connectivity index (χ2n) is 18.0. The molecule has 0 saturated heterocycles. The molecule has 0 fully saturated rings. The highest BCUT2D eigenvalue weighted by molar-refractivity contribution is 6.25. The van der Waals surface area contributed by atoms with E-state index in [2.05, 4.69) is 229 Å². The van der Waals surface area contributed by atoms with Crippen LogP contribution in [-0.2, 0) is 10.8 Å². The van der Waals surface area contributed by atoms with Gasteiger partial charge in [-0.15, -0.1) is 0 Å². The number of nitrogens with zero attached hydrogens (tertiary/aromatic N) is 1. The Kier molecular flexibility index (Phi) is 8.19. The van der Waals surface area contributed by atoms with E-state index in [1.54, 1.807) is 0 Å². The third-order valence-corrected chi connectivity index (χ3v) is 15.2. The van der Waals surface area contributed by atoms with Crippen LogP contribution in [0, 0.1) is 11.8 Å². The molecule has 1 heteroatoms. The molecule has 0 amide bonds. The number of fused-ring (bicyclic) bond motifs is 11. The predicted octanol–water partition coefficient (Wildman–Crippen LogP) is 15.8. The fraction of sp³-hybridized carbons (Fsp3) is 0.129. The number of anilines is 2. The highest BCUT2D eigenvalue weighted by Gasteiger charge is 2.60. The normalized spacial score (nSPS) is 22.7. The summed E-state index contributed by atoms with van der Waals surface area (Å²) in [7, 11) is 0. The largest absolute Gasteiger partial charge is 0.314 e. The molecule has 63 heavy (non-hydrogen) atoms. The van der Waals surface area contributed by atoms with Gasteiger partial charge in [0.25, 0.3) is 0 Å². The average molecular weight is 806 g/mol. The Labute approximate surface area is 370 Å². The molecular weight excluding hydrogens is 759 g/mol. The Morgan fingerprint density at radius 3 is 1.65 bits per heavy atom. The summed E-state index contributed by atoms with van der Waals surface area (Å²) in [4.78, 5) is 2.63.